The lowest BCUT2D eigenvalue weighted by Crippen LogP contribution is -2.12. The van der Waals surface area contributed by atoms with Crippen molar-refractivity contribution >= 4 is 49.7 Å². The van der Waals surface area contributed by atoms with E-state index in [2.05, 4.69) is 41.5 Å². The van der Waals surface area contributed by atoms with Gasteiger partial charge in [-0.25, -0.2) is 4.98 Å². The molecule has 4 aromatic rings. The highest BCUT2D eigenvalue weighted by Crippen LogP contribution is 2.27. The Hall–Kier alpha value is -3.10. The van der Waals surface area contributed by atoms with E-state index < -0.39 is 0 Å². The van der Waals surface area contributed by atoms with E-state index in [1.807, 2.05) is 41.8 Å². The average Bonchev–Trinajstić information content (AvgIpc) is 3.19. The van der Waals surface area contributed by atoms with Crippen molar-refractivity contribution in [3.8, 4) is 11.3 Å². The van der Waals surface area contributed by atoms with Crippen LogP contribution < -0.4 is 10.6 Å². The maximum atomic E-state index is 12.3. The van der Waals surface area contributed by atoms with Gasteiger partial charge in [0.05, 0.1) is 11.3 Å². The molecule has 0 spiro atoms. The molecule has 0 atom stereocenters. The summed E-state index contributed by atoms with van der Waals surface area (Å²) >= 11 is 4.84. The molecule has 0 fully saturated rings. The maximum Gasteiger partial charge on any atom is 0.257 e. The van der Waals surface area contributed by atoms with Gasteiger partial charge >= 0.3 is 0 Å². The number of carbonyl (C=O) groups excluding carboxylic acids is 1. The van der Waals surface area contributed by atoms with Gasteiger partial charge < -0.3 is 10.6 Å². The van der Waals surface area contributed by atoms with Gasteiger partial charge in [-0.05, 0) is 58.4 Å². The van der Waals surface area contributed by atoms with Crippen LogP contribution in [0, 0.1) is 0 Å². The summed E-state index contributed by atoms with van der Waals surface area (Å²) in [5, 5.41) is 8.93. The van der Waals surface area contributed by atoms with Crippen molar-refractivity contribution in [2.45, 2.75) is 0 Å². The summed E-state index contributed by atoms with van der Waals surface area (Å²) in [7, 11) is 0. The number of hydrogen-bond acceptors (Lipinski definition) is 6. The lowest BCUT2D eigenvalue weighted by Gasteiger charge is -2.07. The van der Waals surface area contributed by atoms with Gasteiger partial charge in [-0.3, -0.25) is 14.8 Å². The predicted molar refractivity (Wildman–Crippen MR) is 115 cm³/mol. The van der Waals surface area contributed by atoms with Crippen LogP contribution in [-0.2, 0) is 0 Å². The quantitative estimate of drug-likeness (QED) is 0.426. The van der Waals surface area contributed by atoms with Gasteiger partial charge in [0.1, 0.15) is 0 Å². The largest absolute Gasteiger partial charge is 0.332 e. The van der Waals surface area contributed by atoms with Gasteiger partial charge in [0.25, 0.3) is 5.91 Å². The monoisotopic (exact) mass is 451 g/mol. The highest BCUT2D eigenvalue weighted by atomic mass is 79.9. The van der Waals surface area contributed by atoms with Crippen molar-refractivity contribution in [1.82, 2.24) is 15.0 Å². The summed E-state index contributed by atoms with van der Waals surface area (Å²) in [6.07, 6.45) is 6.66. The van der Waals surface area contributed by atoms with E-state index in [1.165, 1.54) is 17.5 Å². The molecule has 3 heterocycles. The van der Waals surface area contributed by atoms with Crippen molar-refractivity contribution < 1.29 is 4.79 Å². The second-order valence-electron chi connectivity index (χ2n) is 5.82. The summed E-state index contributed by atoms with van der Waals surface area (Å²) < 4.78 is 0.759. The smallest absolute Gasteiger partial charge is 0.257 e. The predicted octanol–water partition coefficient (Wildman–Crippen LogP) is 5.36. The van der Waals surface area contributed by atoms with Crippen LogP contribution in [0.4, 0.5) is 16.5 Å². The standard InChI is InChI=1S/C20H14BrN5OS/c21-15-9-14(10-23-11-15)19(27)24-16-1-3-17(4-2-16)25-20-26-18(12-28-20)13-5-7-22-8-6-13/h1-12H,(H,24,27)(H,25,26). The normalized spacial score (nSPS) is 10.5. The molecule has 0 saturated carbocycles. The van der Waals surface area contributed by atoms with Crippen LogP contribution in [0.2, 0.25) is 0 Å². The molecule has 0 aliphatic heterocycles. The topological polar surface area (TPSA) is 79.8 Å². The van der Waals surface area contributed by atoms with Crippen LogP contribution >= 0.6 is 27.3 Å². The Balaban J connectivity index is 1.41. The Morgan fingerprint density at radius 1 is 0.964 bits per heavy atom. The fourth-order valence-electron chi connectivity index (χ4n) is 2.49. The molecule has 138 valence electrons. The SMILES string of the molecule is O=C(Nc1ccc(Nc2nc(-c3ccncc3)cs2)cc1)c1cncc(Br)c1. The van der Waals surface area contributed by atoms with Crippen LogP contribution in [-0.4, -0.2) is 20.9 Å². The van der Waals surface area contributed by atoms with Gasteiger partial charge in [0.15, 0.2) is 5.13 Å². The van der Waals surface area contributed by atoms with Crippen LogP contribution in [0.1, 0.15) is 10.4 Å². The third kappa shape index (κ3) is 4.41. The van der Waals surface area contributed by atoms with E-state index >= 15 is 0 Å². The van der Waals surface area contributed by atoms with E-state index in [1.54, 1.807) is 24.7 Å². The van der Waals surface area contributed by atoms with Crippen molar-refractivity contribution in [1.29, 1.82) is 0 Å². The Labute approximate surface area is 173 Å². The number of nitrogens with one attached hydrogen (secondary N) is 2. The molecular weight excluding hydrogens is 438 g/mol. The number of amides is 1. The van der Waals surface area contributed by atoms with Crippen molar-refractivity contribution in [3.63, 3.8) is 0 Å². The van der Waals surface area contributed by atoms with Gasteiger partial charge in [0, 0.05) is 51.6 Å². The van der Waals surface area contributed by atoms with Crippen molar-refractivity contribution in [3.05, 3.63) is 82.7 Å². The number of benzene rings is 1. The molecule has 2 N–H and O–H groups in total. The van der Waals surface area contributed by atoms with E-state index in [0.29, 0.717) is 11.3 Å². The minimum atomic E-state index is -0.212. The van der Waals surface area contributed by atoms with Crippen LogP contribution in [0.15, 0.2) is 77.1 Å². The third-order valence-corrected chi connectivity index (χ3v) is 5.03. The van der Waals surface area contributed by atoms with Crippen molar-refractivity contribution in [2.75, 3.05) is 10.6 Å². The Morgan fingerprint density at radius 3 is 2.46 bits per heavy atom. The average molecular weight is 452 g/mol. The van der Waals surface area contributed by atoms with Crippen LogP contribution in [0.25, 0.3) is 11.3 Å². The first-order valence-corrected chi connectivity index (χ1v) is 9.99. The number of halogens is 1. The fraction of sp³-hybridized carbons (Fsp3) is 0. The van der Waals surface area contributed by atoms with E-state index in [0.717, 1.165) is 26.5 Å². The number of anilines is 3. The first-order valence-electron chi connectivity index (χ1n) is 8.32. The highest BCUT2D eigenvalue weighted by Gasteiger charge is 2.08. The molecule has 4 rings (SSSR count). The molecule has 3 aromatic heterocycles. The molecule has 28 heavy (non-hydrogen) atoms. The number of hydrogen-bond donors (Lipinski definition) is 2. The second-order valence-corrected chi connectivity index (χ2v) is 7.60. The molecule has 0 aliphatic carbocycles. The maximum absolute atomic E-state index is 12.3. The molecule has 1 amide bonds. The molecule has 8 heteroatoms. The number of aromatic nitrogens is 3. The lowest BCUT2D eigenvalue weighted by molar-refractivity contribution is 0.102. The molecule has 0 radical (unpaired) electrons. The van der Waals surface area contributed by atoms with Crippen molar-refractivity contribution in [2.24, 2.45) is 0 Å². The number of rotatable bonds is 5. The summed E-state index contributed by atoms with van der Waals surface area (Å²) in [5.41, 5.74) is 4.01. The molecule has 0 unspecified atom stereocenters. The van der Waals surface area contributed by atoms with E-state index in [-0.39, 0.29) is 5.91 Å². The first kappa shape index (κ1) is 18.3. The fourth-order valence-corrected chi connectivity index (χ4v) is 3.59. The second kappa shape index (κ2) is 8.28. The molecule has 0 saturated heterocycles. The zero-order chi connectivity index (χ0) is 19.3. The zero-order valence-electron chi connectivity index (χ0n) is 14.5. The van der Waals surface area contributed by atoms with Gasteiger partial charge in [-0.15, -0.1) is 11.3 Å². The Kier molecular flexibility index (Phi) is 5.41. The summed E-state index contributed by atoms with van der Waals surface area (Å²) in [4.78, 5) is 24.9. The minimum absolute atomic E-state index is 0.212. The molecule has 0 bridgehead atoms. The lowest BCUT2D eigenvalue weighted by atomic mass is 10.2. The number of pyridine rings is 2. The Morgan fingerprint density at radius 2 is 1.71 bits per heavy atom. The molecule has 6 nitrogen and oxygen atoms in total. The number of thiazole rings is 1. The molecule has 0 aliphatic rings. The number of nitrogens with zero attached hydrogens (tertiary/aromatic N) is 3. The Bertz CT molecular complexity index is 1100. The summed E-state index contributed by atoms with van der Waals surface area (Å²) in [6.45, 7) is 0. The molecule has 1 aromatic carbocycles. The van der Waals surface area contributed by atoms with E-state index in [4.69, 9.17) is 0 Å². The van der Waals surface area contributed by atoms with Crippen LogP contribution in [0.3, 0.4) is 0 Å². The van der Waals surface area contributed by atoms with Gasteiger partial charge in [-0.2, -0.15) is 0 Å². The van der Waals surface area contributed by atoms with Gasteiger partial charge in [-0.1, -0.05) is 0 Å². The van der Waals surface area contributed by atoms with E-state index in [9.17, 15) is 4.79 Å². The minimum Gasteiger partial charge on any atom is -0.332 e. The van der Waals surface area contributed by atoms with Gasteiger partial charge in [0.2, 0.25) is 0 Å². The number of carbonyl (C=O) groups is 1. The summed E-state index contributed by atoms with van der Waals surface area (Å²) in [5.74, 6) is -0.212. The molecular formula is C20H14BrN5OS. The van der Waals surface area contributed by atoms with Crippen LogP contribution in [0.5, 0.6) is 0 Å². The first-order chi connectivity index (χ1) is 13.7. The third-order valence-electron chi connectivity index (χ3n) is 3.84. The zero-order valence-corrected chi connectivity index (χ0v) is 16.9. The summed E-state index contributed by atoms with van der Waals surface area (Å²) in [6, 6.07) is 13.0. The highest BCUT2D eigenvalue weighted by molar-refractivity contribution is 9.10.